The molecule has 3 rings (SSSR count). The van der Waals surface area contributed by atoms with Crippen molar-refractivity contribution in [2.45, 2.75) is 0 Å². The van der Waals surface area contributed by atoms with Crippen LogP contribution in [0.25, 0.3) is 0 Å². The maximum absolute atomic E-state index is 12.1. The maximum atomic E-state index is 12.1. The molecule has 2 aromatic carbocycles. The van der Waals surface area contributed by atoms with Crippen molar-refractivity contribution in [3.05, 3.63) is 65.7 Å². The van der Waals surface area contributed by atoms with Crippen molar-refractivity contribution in [1.82, 2.24) is 10.4 Å². The molecule has 7 nitrogen and oxygen atoms in total. The molecular formula is C18H16N2O5. The summed E-state index contributed by atoms with van der Waals surface area (Å²) >= 11 is 0. The monoisotopic (exact) mass is 340 g/mol. The zero-order valence-corrected chi connectivity index (χ0v) is 13.3. The van der Waals surface area contributed by atoms with Crippen molar-refractivity contribution < 1.29 is 24.0 Å². The van der Waals surface area contributed by atoms with Crippen LogP contribution in [0.15, 0.2) is 54.6 Å². The number of hydrogen-bond donors (Lipinski definition) is 1. The first-order valence-electron chi connectivity index (χ1n) is 7.70. The largest absolute Gasteiger partial charge is 0.491 e. The lowest BCUT2D eigenvalue weighted by molar-refractivity contribution is -0.134. The lowest BCUT2D eigenvalue weighted by Crippen LogP contribution is -2.40. The predicted octanol–water partition coefficient (Wildman–Crippen LogP) is 1.41. The molecule has 25 heavy (non-hydrogen) atoms. The Bertz CT molecular complexity index is 756. The second-order valence-electron chi connectivity index (χ2n) is 5.28. The van der Waals surface area contributed by atoms with Crippen molar-refractivity contribution in [2.24, 2.45) is 0 Å². The van der Waals surface area contributed by atoms with Crippen LogP contribution in [0, 0.1) is 0 Å². The minimum atomic E-state index is -0.589. The minimum Gasteiger partial charge on any atom is -0.491 e. The number of rotatable bonds is 7. The highest BCUT2D eigenvalue weighted by Gasteiger charge is 2.36. The van der Waals surface area contributed by atoms with Gasteiger partial charge in [0.05, 0.1) is 11.1 Å². The second-order valence-corrected chi connectivity index (χ2v) is 5.28. The van der Waals surface area contributed by atoms with Crippen molar-refractivity contribution >= 4 is 17.7 Å². The molecule has 1 aliphatic heterocycles. The highest BCUT2D eigenvalue weighted by Crippen LogP contribution is 2.21. The van der Waals surface area contributed by atoms with E-state index in [1.165, 1.54) is 0 Å². The topological polar surface area (TPSA) is 84.9 Å². The molecule has 0 aromatic heterocycles. The lowest BCUT2D eigenvalue weighted by atomic mass is 10.1. The van der Waals surface area contributed by atoms with Gasteiger partial charge in [0.1, 0.15) is 25.5 Å². The minimum absolute atomic E-state index is 0.128. The Balaban J connectivity index is 1.41. The average Bonchev–Trinajstić information content (AvgIpc) is 2.88. The zero-order chi connectivity index (χ0) is 17.6. The van der Waals surface area contributed by atoms with Crippen LogP contribution in [0.4, 0.5) is 0 Å². The van der Waals surface area contributed by atoms with Crippen molar-refractivity contribution in [3.8, 4) is 5.75 Å². The summed E-state index contributed by atoms with van der Waals surface area (Å²) in [4.78, 5) is 42.0. The molecule has 7 heteroatoms. The van der Waals surface area contributed by atoms with Gasteiger partial charge in [-0.2, -0.15) is 0 Å². The quantitative estimate of drug-likeness (QED) is 0.468. The van der Waals surface area contributed by atoms with Crippen LogP contribution in [-0.4, -0.2) is 42.4 Å². The summed E-state index contributed by atoms with van der Waals surface area (Å²) in [5.41, 5.74) is 2.81. The first kappa shape index (κ1) is 16.7. The number of hydrogen-bond acceptors (Lipinski definition) is 5. The standard InChI is InChI=1S/C18H16N2O5/c21-16(19-25-11-10-24-13-6-2-1-3-7-13)12-20-17(22)14-8-4-5-9-15(14)18(20)23/h1-9H,10-12H2,(H,19,21). The molecule has 0 bridgehead atoms. The Morgan fingerprint density at radius 3 is 2.12 bits per heavy atom. The highest BCUT2D eigenvalue weighted by molar-refractivity contribution is 6.22. The van der Waals surface area contributed by atoms with E-state index >= 15 is 0 Å². The number of para-hydroxylation sites is 1. The van der Waals surface area contributed by atoms with Crippen LogP contribution < -0.4 is 10.2 Å². The molecule has 2 aromatic rings. The lowest BCUT2D eigenvalue weighted by Gasteiger charge is -2.13. The van der Waals surface area contributed by atoms with Gasteiger partial charge >= 0.3 is 0 Å². The van der Waals surface area contributed by atoms with E-state index in [9.17, 15) is 14.4 Å². The van der Waals surface area contributed by atoms with E-state index in [1.807, 2.05) is 18.2 Å². The Morgan fingerprint density at radius 2 is 1.48 bits per heavy atom. The molecule has 0 aliphatic carbocycles. The van der Waals surface area contributed by atoms with Gasteiger partial charge in [-0.15, -0.1) is 0 Å². The average molecular weight is 340 g/mol. The Hall–Kier alpha value is -3.19. The van der Waals surface area contributed by atoms with E-state index in [2.05, 4.69) is 5.48 Å². The SMILES string of the molecule is O=C(CN1C(=O)c2ccccc2C1=O)NOCCOc1ccccc1. The zero-order valence-electron chi connectivity index (χ0n) is 13.3. The molecule has 3 amide bonds. The summed E-state index contributed by atoms with van der Waals surface area (Å²) in [6.07, 6.45) is 0. The maximum Gasteiger partial charge on any atom is 0.263 e. The molecule has 0 atom stereocenters. The fourth-order valence-corrected chi connectivity index (χ4v) is 2.41. The van der Waals surface area contributed by atoms with Crippen LogP contribution in [0.2, 0.25) is 0 Å². The van der Waals surface area contributed by atoms with Gasteiger partial charge in [-0.1, -0.05) is 30.3 Å². The number of carbonyl (C=O) groups excluding carboxylic acids is 3. The fourth-order valence-electron chi connectivity index (χ4n) is 2.41. The summed E-state index contributed by atoms with van der Waals surface area (Å²) < 4.78 is 5.40. The summed E-state index contributed by atoms with van der Waals surface area (Å²) in [5, 5.41) is 0. The van der Waals surface area contributed by atoms with Gasteiger partial charge < -0.3 is 4.74 Å². The van der Waals surface area contributed by atoms with Gasteiger partial charge in [0.15, 0.2) is 0 Å². The summed E-state index contributed by atoms with van der Waals surface area (Å²) in [7, 11) is 0. The second kappa shape index (κ2) is 7.59. The molecule has 0 saturated heterocycles. The van der Waals surface area contributed by atoms with E-state index in [0.717, 1.165) is 4.90 Å². The highest BCUT2D eigenvalue weighted by atomic mass is 16.7. The molecule has 0 spiro atoms. The number of hydroxylamine groups is 1. The number of fused-ring (bicyclic) bond motifs is 1. The molecule has 0 radical (unpaired) electrons. The van der Waals surface area contributed by atoms with Crippen molar-refractivity contribution in [1.29, 1.82) is 0 Å². The first-order valence-corrected chi connectivity index (χ1v) is 7.70. The van der Waals surface area contributed by atoms with Crippen molar-refractivity contribution in [2.75, 3.05) is 19.8 Å². The first-order chi connectivity index (χ1) is 12.2. The summed E-state index contributed by atoms with van der Waals surface area (Å²) in [6.45, 7) is -0.0219. The van der Waals surface area contributed by atoms with Gasteiger partial charge in [-0.25, -0.2) is 5.48 Å². The van der Waals surface area contributed by atoms with E-state index in [-0.39, 0.29) is 13.2 Å². The number of nitrogens with zero attached hydrogens (tertiary/aromatic N) is 1. The predicted molar refractivity (Wildman–Crippen MR) is 87.8 cm³/mol. The van der Waals surface area contributed by atoms with Gasteiger partial charge in [-0.3, -0.25) is 24.1 Å². The smallest absolute Gasteiger partial charge is 0.263 e. The Morgan fingerprint density at radius 1 is 0.880 bits per heavy atom. The summed E-state index contributed by atoms with van der Waals surface area (Å²) in [5.74, 6) is -0.857. The number of ether oxygens (including phenoxy) is 1. The molecule has 0 unspecified atom stereocenters. The fraction of sp³-hybridized carbons (Fsp3) is 0.167. The van der Waals surface area contributed by atoms with Crippen LogP contribution in [-0.2, 0) is 9.63 Å². The molecule has 1 aliphatic rings. The number of imide groups is 1. The Labute approximate surface area is 144 Å². The molecule has 128 valence electrons. The van der Waals surface area contributed by atoms with Crippen LogP contribution in [0.3, 0.4) is 0 Å². The van der Waals surface area contributed by atoms with Gasteiger partial charge in [-0.05, 0) is 24.3 Å². The normalized spacial score (nSPS) is 12.9. The molecule has 0 saturated carbocycles. The molecule has 0 fully saturated rings. The molecule has 1 N–H and O–H groups in total. The van der Waals surface area contributed by atoms with Gasteiger partial charge in [0, 0.05) is 0 Å². The van der Waals surface area contributed by atoms with E-state index in [0.29, 0.717) is 16.9 Å². The summed E-state index contributed by atoms with van der Waals surface area (Å²) in [6, 6.07) is 15.6. The molecular weight excluding hydrogens is 324 g/mol. The molecule has 1 heterocycles. The number of amides is 3. The number of nitrogens with one attached hydrogen (secondary N) is 1. The number of benzene rings is 2. The van der Waals surface area contributed by atoms with Gasteiger partial charge in [0.2, 0.25) is 0 Å². The third-order valence-electron chi connectivity index (χ3n) is 3.56. The van der Waals surface area contributed by atoms with E-state index in [4.69, 9.17) is 9.57 Å². The van der Waals surface area contributed by atoms with Crippen LogP contribution in [0.1, 0.15) is 20.7 Å². The third kappa shape index (κ3) is 3.84. The van der Waals surface area contributed by atoms with Crippen LogP contribution >= 0.6 is 0 Å². The van der Waals surface area contributed by atoms with Crippen LogP contribution in [0.5, 0.6) is 5.75 Å². The third-order valence-corrected chi connectivity index (χ3v) is 3.56. The van der Waals surface area contributed by atoms with Gasteiger partial charge in [0.25, 0.3) is 17.7 Å². The Kier molecular flexibility index (Phi) is 5.06. The number of carbonyl (C=O) groups is 3. The van der Waals surface area contributed by atoms with Crippen molar-refractivity contribution in [3.63, 3.8) is 0 Å². The van der Waals surface area contributed by atoms with E-state index in [1.54, 1.807) is 36.4 Å². The van der Waals surface area contributed by atoms with E-state index < -0.39 is 24.3 Å².